The standard InChI is InChI=1S/C29H27ClN6O5S/c1-3-35-27-21(29(37)33-26-18(2)13-25(30)32-28(26)35)14-20(15-31-27)9-12-41-24-6-4-5-23-22(24)17-42(39,40)36(23)16-19-7-10-34(38)11-8-19/h4-8,10-11,13-15H,3,9,12,16-17H2,1-2H3,(H,33,37). The van der Waals surface area contributed by atoms with Crippen LogP contribution in [0.1, 0.15) is 39.5 Å². The Balaban J connectivity index is 1.20. The van der Waals surface area contributed by atoms with Crippen LogP contribution in [-0.4, -0.2) is 37.4 Å². The summed E-state index contributed by atoms with van der Waals surface area (Å²) in [6, 6.07) is 11.9. The van der Waals surface area contributed by atoms with Crippen molar-refractivity contribution in [2.75, 3.05) is 27.7 Å². The zero-order chi connectivity index (χ0) is 29.6. The van der Waals surface area contributed by atoms with Gasteiger partial charge in [-0.25, -0.2) is 18.4 Å². The van der Waals surface area contributed by atoms with Gasteiger partial charge in [0, 0.05) is 36.9 Å². The first-order valence-electron chi connectivity index (χ1n) is 13.3. The van der Waals surface area contributed by atoms with Crippen LogP contribution in [0.5, 0.6) is 5.75 Å². The van der Waals surface area contributed by atoms with E-state index in [1.165, 1.54) is 16.7 Å². The predicted molar refractivity (Wildman–Crippen MR) is 159 cm³/mol. The lowest BCUT2D eigenvalue weighted by molar-refractivity contribution is -0.605. The Morgan fingerprint density at radius 2 is 1.93 bits per heavy atom. The van der Waals surface area contributed by atoms with Gasteiger partial charge in [-0.05, 0) is 54.8 Å². The molecule has 1 amide bonds. The molecule has 0 aliphatic carbocycles. The molecule has 1 N–H and O–H groups in total. The van der Waals surface area contributed by atoms with Crippen molar-refractivity contribution in [2.45, 2.75) is 32.6 Å². The maximum absolute atomic E-state index is 13.2. The highest BCUT2D eigenvalue weighted by molar-refractivity contribution is 7.92. The van der Waals surface area contributed by atoms with E-state index < -0.39 is 10.0 Å². The summed E-state index contributed by atoms with van der Waals surface area (Å²) in [6.45, 7) is 4.70. The number of aromatic nitrogens is 3. The van der Waals surface area contributed by atoms with Crippen LogP contribution in [-0.2, 0) is 28.7 Å². The second-order valence-corrected chi connectivity index (χ2v) is 12.3. The average Bonchev–Trinajstić information content (AvgIpc) is 3.14. The van der Waals surface area contributed by atoms with E-state index in [-0.39, 0.29) is 24.8 Å². The average molecular weight is 607 g/mol. The first-order valence-corrected chi connectivity index (χ1v) is 15.3. The Bertz CT molecular complexity index is 1820. The Kier molecular flexibility index (Phi) is 7.11. The lowest BCUT2D eigenvalue weighted by Crippen LogP contribution is -2.28. The molecule has 0 bridgehead atoms. The number of fused-ring (bicyclic) bond motifs is 3. The van der Waals surface area contributed by atoms with E-state index in [4.69, 9.17) is 16.3 Å². The Morgan fingerprint density at radius 3 is 2.69 bits per heavy atom. The van der Waals surface area contributed by atoms with E-state index in [0.29, 0.717) is 68.3 Å². The van der Waals surface area contributed by atoms with Gasteiger partial charge >= 0.3 is 0 Å². The highest BCUT2D eigenvalue weighted by Crippen LogP contribution is 2.41. The number of aryl methyl sites for hydroxylation is 1. The number of hydrogen-bond acceptors (Lipinski definition) is 8. The minimum Gasteiger partial charge on any atom is -0.619 e. The quantitative estimate of drug-likeness (QED) is 0.187. The molecule has 0 unspecified atom stereocenters. The summed E-state index contributed by atoms with van der Waals surface area (Å²) in [7, 11) is -3.61. The maximum Gasteiger partial charge on any atom is 0.259 e. The highest BCUT2D eigenvalue weighted by atomic mass is 35.5. The largest absolute Gasteiger partial charge is 0.619 e. The van der Waals surface area contributed by atoms with Gasteiger partial charge in [-0.15, -0.1) is 0 Å². The number of hydrogen-bond donors (Lipinski definition) is 1. The van der Waals surface area contributed by atoms with E-state index in [0.717, 1.165) is 11.1 Å². The number of anilines is 4. The van der Waals surface area contributed by atoms with Crippen molar-refractivity contribution in [2.24, 2.45) is 0 Å². The molecule has 0 saturated heterocycles. The summed E-state index contributed by atoms with van der Waals surface area (Å²) < 4.78 is 34.2. The number of nitrogens with one attached hydrogen (secondary N) is 1. The predicted octanol–water partition coefficient (Wildman–Crippen LogP) is 4.27. The number of pyridine rings is 3. The van der Waals surface area contributed by atoms with Gasteiger partial charge in [0.05, 0.1) is 30.1 Å². The molecular weight excluding hydrogens is 580 g/mol. The van der Waals surface area contributed by atoms with Gasteiger partial charge in [0.15, 0.2) is 18.2 Å². The van der Waals surface area contributed by atoms with E-state index in [1.54, 1.807) is 48.7 Å². The van der Waals surface area contributed by atoms with Crippen molar-refractivity contribution < 1.29 is 22.7 Å². The van der Waals surface area contributed by atoms with Gasteiger partial charge in [-0.3, -0.25) is 9.10 Å². The summed E-state index contributed by atoms with van der Waals surface area (Å²) >= 11 is 6.22. The monoisotopic (exact) mass is 606 g/mol. The molecule has 1 aromatic carbocycles. The number of nitrogens with zero attached hydrogens (tertiary/aromatic N) is 5. The molecule has 216 valence electrons. The zero-order valence-corrected chi connectivity index (χ0v) is 24.4. The second kappa shape index (κ2) is 10.8. The van der Waals surface area contributed by atoms with E-state index >= 15 is 0 Å². The minimum absolute atomic E-state index is 0.113. The SMILES string of the molecule is CCN1c2ncc(CCOc3cccc4c3CS(=O)(=O)N4Cc3cc[n+]([O-])cc3)cc2C(=O)Nc2c(C)cc(Cl)nc21. The van der Waals surface area contributed by atoms with E-state index in [1.807, 2.05) is 18.7 Å². The molecule has 5 heterocycles. The third kappa shape index (κ3) is 5.07. The van der Waals surface area contributed by atoms with Gasteiger partial charge in [0.1, 0.15) is 22.5 Å². The van der Waals surface area contributed by atoms with Crippen LogP contribution in [0.2, 0.25) is 5.15 Å². The molecule has 13 heteroatoms. The van der Waals surface area contributed by atoms with Crippen LogP contribution in [0, 0.1) is 12.1 Å². The van der Waals surface area contributed by atoms with Crippen molar-refractivity contribution in [1.29, 1.82) is 0 Å². The fourth-order valence-electron chi connectivity index (χ4n) is 5.22. The van der Waals surface area contributed by atoms with Crippen LogP contribution >= 0.6 is 11.6 Å². The summed E-state index contributed by atoms with van der Waals surface area (Å²) in [5.41, 5.74) is 4.43. The molecule has 3 aromatic heterocycles. The fourth-order valence-corrected chi connectivity index (χ4v) is 7.09. The van der Waals surface area contributed by atoms with Gasteiger partial charge in [-0.2, -0.15) is 4.73 Å². The van der Waals surface area contributed by atoms with Gasteiger partial charge in [0.2, 0.25) is 10.0 Å². The number of amides is 1. The first kappa shape index (κ1) is 27.7. The number of halogens is 1. The molecule has 0 saturated carbocycles. The van der Waals surface area contributed by atoms with Crippen molar-refractivity contribution in [1.82, 2.24) is 9.97 Å². The number of carbonyl (C=O) groups is 1. The summed E-state index contributed by atoms with van der Waals surface area (Å²) in [5.74, 6) is 1.04. The molecule has 4 aromatic rings. The summed E-state index contributed by atoms with van der Waals surface area (Å²) in [5, 5.41) is 14.7. The number of benzene rings is 1. The van der Waals surface area contributed by atoms with Crippen molar-refractivity contribution in [3.8, 4) is 5.75 Å². The smallest absolute Gasteiger partial charge is 0.259 e. The molecule has 2 aliphatic rings. The number of rotatable bonds is 7. The maximum atomic E-state index is 13.2. The molecule has 0 spiro atoms. The Hall–Kier alpha value is -4.42. The third-order valence-electron chi connectivity index (χ3n) is 7.29. The zero-order valence-electron chi connectivity index (χ0n) is 22.9. The first-order chi connectivity index (χ1) is 20.1. The van der Waals surface area contributed by atoms with Gasteiger partial charge in [-0.1, -0.05) is 17.7 Å². The normalized spacial score (nSPS) is 15.0. The molecule has 0 radical (unpaired) electrons. The summed E-state index contributed by atoms with van der Waals surface area (Å²) in [6.07, 6.45) is 4.82. The number of ether oxygens (including phenoxy) is 1. The van der Waals surface area contributed by atoms with Crippen LogP contribution in [0.3, 0.4) is 0 Å². The molecule has 6 rings (SSSR count). The van der Waals surface area contributed by atoms with Gasteiger partial charge < -0.3 is 20.2 Å². The van der Waals surface area contributed by atoms with Crippen LogP contribution in [0.25, 0.3) is 0 Å². The number of sulfonamides is 1. The fraction of sp³-hybridized carbons (Fsp3) is 0.241. The highest BCUT2D eigenvalue weighted by Gasteiger charge is 2.35. The van der Waals surface area contributed by atoms with Crippen LogP contribution in [0.4, 0.5) is 23.0 Å². The minimum atomic E-state index is -3.61. The topological polar surface area (TPSA) is 132 Å². The Morgan fingerprint density at radius 1 is 1.14 bits per heavy atom. The van der Waals surface area contributed by atoms with Gasteiger partial charge in [0.25, 0.3) is 5.91 Å². The van der Waals surface area contributed by atoms with Crippen LogP contribution < -0.4 is 24.0 Å². The lowest BCUT2D eigenvalue weighted by atomic mass is 10.1. The lowest BCUT2D eigenvalue weighted by Gasteiger charge is -2.23. The molecule has 42 heavy (non-hydrogen) atoms. The summed E-state index contributed by atoms with van der Waals surface area (Å²) in [4.78, 5) is 24.2. The van der Waals surface area contributed by atoms with E-state index in [9.17, 15) is 18.4 Å². The number of carbonyl (C=O) groups excluding carboxylic acids is 1. The van der Waals surface area contributed by atoms with Crippen molar-refractivity contribution in [3.63, 3.8) is 0 Å². The third-order valence-corrected chi connectivity index (χ3v) is 9.13. The molecule has 11 nitrogen and oxygen atoms in total. The Labute approximate surface area is 248 Å². The molecular formula is C29H27ClN6O5S. The van der Waals surface area contributed by atoms with Crippen molar-refractivity contribution >= 4 is 50.5 Å². The molecule has 0 atom stereocenters. The molecule has 0 fully saturated rings. The van der Waals surface area contributed by atoms with Crippen molar-refractivity contribution in [3.05, 3.63) is 99.2 Å². The van der Waals surface area contributed by atoms with Crippen LogP contribution in [0.15, 0.2) is 61.1 Å². The molecule has 2 aliphatic heterocycles. The second-order valence-electron chi connectivity index (χ2n) is 10.1. The van der Waals surface area contributed by atoms with E-state index in [2.05, 4.69) is 15.3 Å².